The molecule has 0 rings (SSSR count). The molecule has 15 heavy (non-hydrogen) atoms. The van der Waals surface area contributed by atoms with E-state index in [2.05, 4.69) is 13.2 Å². The van der Waals surface area contributed by atoms with Crippen molar-refractivity contribution in [1.29, 1.82) is 0 Å². The molecule has 1 unspecified atom stereocenters. The molecule has 0 heterocycles. The van der Waals surface area contributed by atoms with E-state index in [0.717, 1.165) is 5.41 Å². The van der Waals surface area contributed by atoms with Crippen molar-refractivity contribution in [2.24, 2.45) is 0 Å². The van der Waals surface area contributed by atoms with E-state index in [4.69, 9.17) is 0 Å². The summed E-state index contributed by atoms with van der Waals surface area (Å²) < 4.78 is 44.2. The van der Waals surface area contributed by atoms with Gasteiger partial charge in [-0.2, -0.15) is 0 Å². The van der Waals surface area contributed by atoms with Crippen LogP contribution < -0.4 is 0 Å². The van der Waals surface area contributed by atoms with E-state index in [0.29, 0.717) is 16.2 Å². The third kappa shape index (κ3) is 6.72. The van der Waals surface area contributed by atoms with Crippen molar-refractivity contribution < 1.29 is 21.9 Å². The van der Waals surface area contributed by atoms with Crippen LogP contribution in [0.4, 0.5) is 0 Å². The Morgan fingerprint density at radius 2 is 1.73 bits per heavy atom. The number of hydrogen-bond acceptors (Lipinski definition) is 6. The van der Waals surface area contributed by atoms with Crippen molar-refractivity contribution in [2.75, 3.05) is 11.5 Å². The van der Waals surface area contributed by atoms with Gasteiger partial charge in [0.2, 0.25) is 8.87 Å². The summed E-state index contributed by atoms with van der Waals surface area (Å²) in [5.74, 6) is -1.27. The molecule has 88 valence electrons. The molecule has 0 radical (unpaired) electrons. The van der Waals surface area contributed by atoms with Crippen molar-refractivity contribution in [3.8, 4) is 0 Å². The molecule has 1 N–H and O–H groups in total. The number of hydrogen-bond donors (Lipinski definition) is 1. The highest BCUT2D eigenvalue weighted by atomic mass is 33.1. The minimum Gasteiger partial charge on any atom is -0.391 e. The van der Waals surface area contributed by atoms with Crippen molar-refractivity contribution in [3.05, 3.63) is 24.0 Å². The van der Waals surface area contributed by atoms with E-state index < -0.39 is 36.3 Å². The molecular formula is C7H12O5S3. The summed E-state index contributed by atoms with van der Waals surface area (Å²) in [6.45, 7) is 6.26. The zero-order chi connectivity index (χ0) is 12.1. The summed E-state index contributed by atoms with van der Waals surface area (Å²) in [5.41, 5.74) is 0. The molecule has 0 saturated heterocycles. The highest BCUT2D eigenvalue weighted by molar-refractivity contribution is 8.73. The van der Waals surface area contributed by atoms with Crippen LogP contribution >= 0.6 is 10.8 Å². The minimum absolute atomic E-state index is 0.451. The average Bonchev–Trinajstić information content (AvgIpc) is 2.01. The summed E-state index contributed by atoms with van der Waals surface area (Å²) in [4.78, 5) is 0. The standard InChI is InChI=1S/C7H12O5S3/c1-3-13-15(11,12)6-7(8)5-14(9,10)4-2/h3-4,7-8H,1-2,5-6H2. The summed E-state index contributed by atoms with van der Waals surface area (Å²) >= 11 is 0. The first-order valence-electron chi connectivity index (χ1n) is 3.77. The molecule has 0 aromatic carbocycles. The van der Waals surface area contributed by atoms with Gasteiger partial charge in [-0.25, -0.2) is 16.8 Å². The summed E-state index contributed by atoms with van der Waals surface area (Å²) in [6, 6.07) is 0. The van der Waals surface area contributed by atoms with Gasteiger partial charge in [0.25, 0.3) is 0 Å². The lowest BCUT2D eigenvalue weighted by atomic mass is 10.5. The second kappa shape index (κ2) is 5.69. The van der Waals surface area contributed by atoms with Crippen molar-refractivity contribution in [2.45, 2.75) is 6.10 Å². The Bertz CT molecular complexity index is 420. The smallest absolute Gasteiger partial charge is 0.208 e. The Morgan fingerprint density at radius 3 is 2.13 bits per heavy atom. The van der Waals surface area contributed by atoms with E-state index in [1.54, 1.807) is 0 Å². The Balaban J connectivity index is 4.46. The van der Waals surface area contributed by atoms with Gasteiger partial charge in [-0.3, -0.25) is 0 Å². The van der Waals surface area contributed by atoms with E-state index in [-0.39, 0.29) is 0 Å². The van der Waals surface area contributed by atoms with E-state index >= 15 is 0 Å². The predicted octanol–water partition coefficient (Wildman–Crippen LogP) is 0.112. The van der Waals surface area contributed by atoms with Crippen LogP contribution in [0.25, 0.3) is 0 Å². The maximum absolute atomic E-state index is 11.1. The van der Waals surface area contributed by atoms with Gasteiger partial charge in [0, 0.05) is 5.41 Å². The Kier molecular flexibility index (Phi) is 5.57. The van der Waals surface area contributed by atoms with Crippen molar-refractivity contribution in [1.82, 2.24) is 0 Å². The Labute approximate surface area is 93.1 Å². The Morgan fingerprint density at radius 1 is 1.20 bits per heavy atom. The zero-order valence-corrected chi connectivity index (χ0v) is 10.3. The number of rotatable bonds is 7. The quantitative estimate of drug-likeness (QED) is 0.662. The van der Waals surface area contributed by atoms with E-state index in [1.165, 1.54) is 0 Å². The second-order valence-corrected chi connectivity index (χ2v) is 8.71. The maximum atomic E-state index is 11.1. The normalized spacial score (nSPS) is 14.5. The maximum Gasteiger partial charge on any atom is 0.208 e. The first kappa shape index (κ1) is 14.7. The third-order valence-corrected chi connectivity index (χ3v) is 5.57. The van der Waals surface area contributed by atoms with Gasteiger partial charge in [-0.05, 0) is 16.2 Å². The first-order chi connectivity index (χ1) is 6.72. The van der Waals surface area contributed by atoms with Crippen LogP contribution in [0.5, 0.6) is 0 Å². The van der Waals surface area contributed by atoms with E-state index in [1.807, 2.05) is 0 Å². The molecule has 5 nitrogen and oxygen atoms in total. The van der Waals surface area contributed by atoms with Crippen LogP contribution in [0.1, 0.15) is 0 Å². The number of sulfone groups is 1. The molecule has 8 heteroatoms. The van der Waals surface area contributed by atoms with Crippen molar-refractivity contribution in [3.63, 3.8) is 0 Å². The van der Waals surface area contributed by atoms with Crippen LogP contribution in [0, 0.1) is 0 Å². The lowest BCUT2D eigenvalue weighted by Crippen LogP contribution is -2.26. The van der Waals surface area contributed by atoms with Gasteiger partial charge in [0.15, 0.2) is 9.84 Å². The van der Waals surface area contributed by atoms with Crippen LogP contribution in [0.15, 0.2) is 24.0 Å². The summed E-state index contributed by atoms with van der Waals surface area (Å²) in [7, 11) is -6.70. The fourth-order valence-electron chi connectivity index (χ4n) is 0.763. The summed E-state index contributed by atoms with van der Waals surface area (Å²) in [6.07, 6.45) is -1.45. The Hall–Kier alpha value is -0.310. The van der Waals surface area contributed by atoms with Gasteiger partial charge in [0.05, 0.1) is 17.6 Å². The molecule has 0 aromatic heterocycles. The second-order valence-electron chi connectivity index (χ2n) is 2.64. The van der Waals surface area contributed by atoms with Crippen molar-refractivity contribution >= 4 is 29.5 Å². The van der Waals surface area contributed by atoms with Crippen LogP contribution in [0.2, 0.25) is 0 Å². The molecule has 0 aliphatic heterocycles. The van der Waals surface area contributed by atoms with Gasteiger partial charge in [0.1, 0.15) is 0 Å². The molecule has 0 bridgehead atoms. The molecule has 0 amide bonds. The molecule has 0 aliphatic rings. The van der Waals surface area contributed by atoms with Gasteiger partial charge >= 0.3 is 0 Å². The zero-order valence-electron chi connectivity index (χ0n) is 7.87. The fourth-order valence-corrected chi connectivity index (χ4v) is 3.91. The molecule has 0 fully saturated rings. The number of aliphatic hydroxyl groups is 1. The molecule has 0 aliphatic carbocycles. The molecular weight excluding hydrogens is 260 g/mol. The first-order valence-corrected chi connectivity index (χ1v) is 8.54. The lowest BCUT2D eigenvalue weighted by molar-refractivity contribution is 0.221. The monoisotopic (exact) mass is 272 g/mol. The SMILES string of the molecule is C=CSS(=O)(=O)CC(O)CS(=O)(=O)C=C. The molecule has 1 atom stereocenters. The molecule has 0 aromatic rings. The highest BCUT2D eigenvalue weighted by Gasteiger charge is 2.21. The minimum atomic E-state index is -3.59. The van der Waals surface area contributed by atoms with Gasteiger partial charge in [-0.1, -0.05) is 13.2 Å². The lowest BCUT2D eigenvalue weighted by Gasteiger charge is -2.08. The topological polar surface area (TPSA) is 88.5 Å². The fraction of sp³-hybridized carbons (Fsp3) is 0.429. The number of aliphatic hydroxyl groups excluding tert-OH is 1. The van der Waals surface area contributed by atoms with Crippen LogP contribution in [-0.4, -0.2) is 39.6 Å². The highest BCUT2D eigenvalue weighted by Crippen LogP contribution is 2.15. The average molecular weight is 272 g/mol. The summed E-state index contributed by atoms with van der Waals surface area (Å²) in [5, 5.41) is 11.0. The largest absolute Gasteiger partial charge is 0.391 e. The van der Waals surface area contributed by atoms with Crippen LogP contribution in [-0.2, 0) is 18.7 Å². The van der Waals surface area contributed by atoms with Gasteiger partial charge < -0.3 is 5.11 Å². The van der Waals surface area contributed by atoms with Crippen LogP contribution in [0.3, 0.4) is 0 Å². The predicted molar refractivity (Wildman–Crippen MR) is 61.6 cm³/mol. The third-order valence-electron chi connectivity index (χ3n) is 1.29. The molecule has 0 spiro atoms. The molecule has 0 saturated carbocycles. The van der Waals surface area contributed by atoms with E-state index in [9.17, 15) is 21.9 Å². The van der Waals surface area contributed by atoms with Gasteiger partial charge in [-0.15, -0.1) is 0 Å².